The maximum absolute atomic E-state index is 13.8. The first-order valence-corrected chi connectivity index (χ1v) is 6.50. The van der Waals surface area contributed by atoms with Crippen molar-refractivity contribution in [2.24, 2.45) is 0 Å². The van der Waals surface area contributed by atoms with Gasteiger partial charge in [-0.25, -0.2) is 9.37 Å². The molecule has 0 atom stereocenters. The van der Waals surface area contributed by atoms with Crippen LogP contribution in [0.15, 0.2) is 35.2 Å². The molecule has 0 radical (unpaired) electrons. The summed E-state index contributed by atoms with van der Waals surface area (Å²) in [6.45, 7) is -0.663. The summed E-state index contributed by atoms with van der Waals surface area (Å²) < 4.78 is 13.8. The van der Waals surface area contributed by atoms with Gasteiger partial charge in [0.1, 0.15) is 5.82 Å². The molecule has 18 heavy (non-hydrogen) atoms. The fourth-order valence-electron chi connectivity index (χ4n) is 1.99. The van der Waals surface area contributed by atoms with Gasteiger partial charge in [-0.3, -0.25) is 0 Å². The molecular formula is C13H14FNO2S. The topological polar surface area (TPSA) is 53.4 Å². The number of halogens is 1. The van der Waals surface area contributed by atoms with Crippen LogP contribution in [0.5, 0.6) is 0 Å². The second-order valence-corrected chi connectivity index (χ2v) is 4.95. The van der Waals surface area contributed by atoms with Gasteiger partial charge < -0.3 is 10.2 Å². The smallest absolute Gasteiger partial charge is 0.127 e. The molecular weight excluding hydrogens is 253 g/mol. The predicted molar refractivity (Wildman–Crippen MR) is 68.1 cm³/mol. The fourth-order valence-corrected chi connectivity index (χ4v) is 2.55. The third-order valence-corrected chi connectivity index (χ3v) is 3.69. The molecule has 0 saturated heterocycles. The molecule has 0 unspecified atom stereocenters. The number of hydrogen-bond acceptors (Lipinski definition) is 4. The Morgan fingerprint density at radius 2 is 1.94 bits per heavy atom. The van der Waals surface area contributed by atoms with Gasteiger partial charge in [0.25, 0.3) is 0 Å². The van der Waals surface area contributed by atoms with E-state index < -0.39 is 11.2 Å². The summed E-state index contributed by atoms with van der Waals surface area (Å²) in [4.78, 5) is 4.13. The molecule has 1 aromatic heterocycles. The van der Waals surface area contributed by atoms with Crippen LogP contribution in [0.3, 0.4) is 0 Å². The van der Waals surface area contributed by atoms with E-state index in [9.17, 15) is 14.6 Å². The average molecular weight is 267 g/mol. The molecule has 2 N–H and O–H groups in total. The van der Waals surface area contributed by atoms with Gasteiger partial charge in [-0.15, -0.1) is 11.3 Å². The molecule has 0 aliphatic rings. The Labute approximate surface area is 109 Å². The first kappa shape index (κ1) is 13.1. The lowest BCUT2D eigenvalue weighted by Crippen LogP contribution is -2.38. The van der Waals surface area contributed by atoms with Crippen LogP contribution < -0.4 is 0 Å². The van der Waals surface area contributed by atoms with Gasteiger partial charge in [0.05, 0.1) is 24.4 Å². The van der Waals surface area contributed by atoms with Crippen molar-refractivity contribution in [2.45, 2.75) is 11.8 Å². The molecule has 0 fully saturated rings. The zero-order chi connectivity index (χ0) is 13.0. The van der Waals surface area contributed by atoms with E-state index in [4.69, 9.17) is 0 Å². The monoisotopic (exact) mass is 267 g/mol. The second kappa shape index (κ2) is 5.56. The Morgan fingerprint density at radius 1 is 1.22 bits per heavy atom. The standard InChI is InChI=1S/C13H14FNO2S/c14-12-4-2-1-3-11(12)13(7-16,8-17)5-10-6-18-9-15-10/h1-4,6,9,16-17H,5,7-8H2. The van der Waals surface area contributed by atoms with E-state index in [-0.39, 0.29) is 13.2 Å². The van der Waals surface area contributed by atoms with Crippen LogP contribution in [-0.2, 0) is 11.8 Å². The molecule has 3 nitrogen and oxygen atoms in total. The van der Waals surface area contributed by atoms with E-state index in [0.29, 0.717) is 12.0 Å². The van der Waals surface area contributed by atoms with Crippen LogP contribution >= 0.6 is 11.3 Å². The van der Waals surface area contributed by atoms with Gasteiger partial charge in [-0.05, 0) is 11.6 Å². The summed E-state index contributed by atoms with van der Waals surface area (Å²) in [6, 6.07) is 6.20. The van der Waals surface area contributed by atoms with E-state index in [1.807, 2.05) is 5.38 Å². The van der Waals surface area contributed by atoms with Crippen molar-refractivity contribution in [1.29, 1.82) is 0 Å². The van der Waals surface area contributed by atoms with Crippen LogP contribution in [0.2, 0.25) is 0 Å². The largest absolute Gasteiger partial charge is 0.395 e. The van der Waals surface area contributed by atoms with Gasteiger partial charge in [0.2, 0.25) is 0 Å². The van der Waals surface area contributed by atoms with Gasteiger partial charge in [0.15, 0.2) is 0 Å². The molecule has 2 rings (SSSR count). The molecule has 0 aliphatic carbocycles. The lowest BCUT2D eigenvalue weighted by atomic mass is 9.78. The molecule has 0 saturated carbocycles. The number of rotatable bonds is 5. The van der Waals surface area contributed by atoms with Gasteiger partial charge >= 0.3 is 0 Å². The van der Waals surface area contributed by atoms with Crippen LogP contribution in [0.1, 0.15) is 11.3 Å². The number of aliphatic hydroxyl groups is 2. The molecule has 0 bridgehead atoms. The maximum atomic E-state index is 13.8. The summed E-state index contributed by atoms with van der Waals surface area (Å²) in [6.07, 6.45) is 0.310. The zero-order valence-corrected chi connectivity index (χ0v) is 10.5. The third-order valence-electron chi connectivity index (χ3n) is 3.05. The van der Waals surface area contributed by atoms with E-state index in [1.54, 1.807) is 23.7 Å². The van der Waals surface area contributed by atoms with Crippen LogP contribution in [0.4, 0.5) is 4.39 Å². The molecule has 0 spiro atoms. The van der Waals surface area contributed by atoms with Crippen LogP contribution in [0.25, 0.3) is 0 Å². The molecule has 96 valence electrons. The van der Waals surface area contributed by atoms with Gasteiger partial charge in [0, 0.05) is 17.2 Å². The van der Waals surface area contributed by atoms with Crippen molar-refractivity contribution in [3.8, 4) is 0 Å². The van der Waals surface area contributed by atoms with Crippen molar-refractivity contribution in [2.75, 3.05) is 13.2 Å². The van der Waals surface area contributed by atoms with Crippen molar-refractivity contribution >= 4 is 11.3 Å². The van der Waals surface area contributed by atoms with E-state index in [2.05, 4.69) is 4.98 Å². The first-order chi connectivity index (χ1) is 8.72. The molecule has 0 aliphatic heterocycles. The van der Waals surface area contributed by atoms with E-state index >= 15 is 0 Å². The average Bonchev–Trinajstić information content (AvgIpc) is 2.90. The minimum Gasteiger partial charge on any atom is -0.395 e. The Morgan fingerprint density at radius 3 is 2.50 bits per heavy atom. The minimum atomic E-state index is -1.03. The van der Waals surface area contributed by atoms with Gasteiger partial charge in [-0.2, -0.15) is 0 Å². The summed E-state index contributed by atoms with van der Waals surface area (Å²) in [5.74, 6) is -0.421. The SMILES string of the molecule is OCC(CO)(Cc1cscn1)c1ccccc1F. The van der Waals surface area contributed by atoms with Crippen molar-refractivity contribution in [3.63, 3.8) is 0 Å². The number of hydrogen-bond donors (Lipinski definition) is 2. The predicted octanol–water partition coefficient (Wildman–Crippen LogP) is 1.75. The van der Waals surface area contributed by atoms with Crippen molar-refractivity contribution < 1.29 is 14.6 Å². The molecule has 1 heterocycles. The Kier molecular flexibility index (Phi) is 4.06. The number of nitrogens with zero attached hydrogens (tertiary/aromatic N) is 1. The normalized spacial score (nSPS) is 11.7. The number of aromatic nitrogens is 1. The van der Waals surface area contributed by atoms with Gasteiger partial charge in [-0.1, -0.05) is 18.2 Å². The van der Waals surface area contributed by atoms with Crippen molar-refractivity contribution in [3.05, 3.63) is 52.2 Å². The highest BCUT2D eigenvalue weighted by Crippen LogP contribution is 2.29. The summed E-state index contributed by atoms with van der Waals surface area (Å²) in [5, 5.41) is 21.0. The lowest BCUT2D eigenvalue weighted by Gasteiger charge is -2.30. The summed E-state index contributed by atoms with van der Waals surface area (Å²) >= 11 is 1.43. The maximum Gasteiger partial charge on any atom is 0.127 e. The minimum absolute atomic E-state index is 0.310. The third kappa shape index (κ3) is 2.43. The number of benzene rings is 1. The molecule has 2 aromatic rings. The highest BCUT2D eigenvalue weighted by molar-refractivity contribution is 7.07. The molecule has 0 amide bonds. The Balaban J connectivity index is 2.40. The summed E-state index contributed by atoms with van der Waals surface area (Å²) in [5.41, 5.74) is 1.71. The van der Waals surface area contributed by atoms with E-state index in [0.717, 1.165) is 5.69 Å². The molecule has 1 aromatic carbocycles. The highest BCUT2D eigenvalue weighted by atomic mass is 32.1. The number of thiazole rings is 1. The zero-order valence-electron chi connectivity index (χ0n) is 9.71. The quantitative estimate of drug-likeness (QED) is 0.867. The fraction of sp³-hybridized carbons (Fsp3) is 0.308. The molecule has 5 heteroatoms. The summed E-state index contributed by atoms with van der Waals surface area (Å²) in [7, 11) is 0. The van der Waals surface area contributed by atoms with Crippen LogP contribution in [-0.4, -0.2) is 28.4 Å². The van der Waals surface area contributed by atoms with Crippen molar-refractivity contribution in [1.82, 2.24) is 4.98 Å². The Hall–Kier alpha value is -1.30. The van der Waals surface area contributed by atoms with E-state index in [1.165, 1.54) is 17.4 Å². The first-order valence-electron chi connectivity index (χ1n) is 5.55. The highest BCUT2D eigenvalue weighted by Gasteiger charge is 2.34. The van der Waals surface area contributed by atoms with Crippen LogP contribution in [0, 0.1) is 5.82 Å². The Bertz CT molecular complexity index is 497. The second-order valence-electron chi connectivity index (χ2n) is 4.23. The number of aliphatic hydroxyl groups excluding tert-OH is 2. The lowest BCUT2D eigenvalue weighted by molar-refractivity contribution is 0.112.